The first-order valence-electron chi connectivity index (χ1n) is 9.01. The van der Waals surface area contributed by atoms with E-state index in [2.05, 4.69) is 9.97 Å². The number of hydrogen-bond donors (Lipinski definition) is 0. The standard InChI is InChI=1S/C23H18N2O3S/c1-27-21-9-5-3-7-19(21)23-25-18(15-29-23)14-28-22(26)13-12-17-11-10-16-6-2-4-8-20(16)24-17/h2-13,15H,14H2,1H3. The fourth-order valence-electron chi connectivity index (χ4n) is 2.84. The van der Waals surface area contributed by atoms with Gasteiger partial charge >= 0.3 is 5.97 Å². The molecule has 0 amide bonds. The average molecular weight is 402 g/mol. The van der Waals surface area contributed by atoms with Crippen LogP contribution in [0.15, 0.2) is 72.1 Å². The number of aromatic nitrogens is 2. The lowest BCUT2D eigenvalue weighted by Crippen LogP contribution is -2.01. The van der Waals surface area contributed by atoms with Crippen LogP contribution >= 0.6 is 11.3 Å². The Bertz CT molecular complexity index is 1180. The Balaban J connectivity index is 1.38. The number of hydrogen-bond acceptors (Lipinski definition) is 6. The summed E-state index contributed by atoms with van der Waals surface area (Å²) in [6.07, 6.45) is 3.03. The second-order valence-corrected chi connectivity index (χ2v) is 7.07. The maximum Gasteiger partial charge on any atom is 0.331 e. The highest BCUT2D eigenvalue weighted by Crippen LogP contribution is 2.31. The Hall–Kier alpha value is -3.51. The molecule has 0 unspecified atom stereocenters. The molecule has 4 rings (SSSR count). The van der Waals surface area contributed by atoms with Crippen molar-refractivity contribution in [2.75, 3.05) is 7.11 Å². The van der Waals surface area contributed by atoms with Gasteiger partial charge in [0.15, 0.2) is 0 Å². The van der Waals surface area contributed by atoms with Crippen LogP contribution in [0.1, 0.15) is 11.4 Å². The van der Waals surface area contributed by atoms with Crippen molar-refractivity contribution in [2.45, 2.75) is 6.61 Å². The third-order valence-corrected chi connectivity index (χ3v) is 5.19. The van der Waals surface area contributed by atoms with Crippen molar-refractivity contribution >= 4 is 34.3 Å². The van der Waals surface area contributed by atoms with E-state index in [-0.39, 0.29) is 6.61 Å². The van der Waals surface area contributed by atoms with E-state index in [0.717, 1.165) is 27.2 Å². The molecule has 0 N–H and O–H groups in total. The van der Waals surface area contributed by atoms with E-state index in [1.54, 1.807) is 13.2 Å². The molecule has 5 nitrogen and oxygen atoms in total. The number of fused-ring (bicyclic) bond motifs is 1. The molecule has 2 heterocycles. The molecule has 144 valence electrons. The lowest BCUT2D eigenvalue weighted by atomic mass is 10.2. The topological polar surface area (TPSA) is 61.3 Å². The first-order valence-corrected chi connectivity index (χ1v) is 9.89. The fraction of sp³-hybridized carbons (Fsp3) is 0.0870. The van der Waals surface area contributed by atoms with Crippen molar-refractivity contribution in [3.8, 4) is 16.3 Å². The minimum absolute atomic E-state index is 0.111. The second kappa shape index (κ2) is 8.67. The number of ether oxygens (including phenoxy) is 2. The molecule has 2 aromatic heterocycles. The first kappa shape index (κ1) is 18.8. The summed E-state index contributed by atoms with van der Waals surface area (Å²) in [6.45, 7) is 0.111. The molecule has 0 spiro atoms. The molecule has 0 atom stereocenters. The largest absolute Gasteiger partial charge is 0.496 e. The molecular weight excluding hydrogens is 384 g/mol. The van der Waals surface area contributed by atoms with Gasteiger partial charge in [-0.25, -0.2) is 14.8 Å². The molecule has 0 bridgehead atoms. The van der Waals surface area contributed by atoms with E-state index in [0.29, 0.717) is 11.4 Å². The van der Waals surface area contributed by atoms with Gasteiger partial charge in [0, 0.05) is 16.8 Å². The van der Waals surface area contributed by atoms with Gasteiger partial charge in [-0.15, -0.1) is 11.3 Å². The number of carbonyl (C=O) groups is 1. The number of nitrogens with zero attached hydrogens (tertiary/aromatic N) is 2. The number of carbonyl (C=O) groups excluding carboxylic acids is 1. The van der Waals surface area contributed by atoms with Crippen molar-refractivity contribution < 1.29 is 14.3 Å². The molecule has 29 heavy (non-hydrogen) atoms. The maximum atomic E-state index is 12.0. The van der Waals surface area contributed by atoms with Crippen molar-refractivity contribution in [2.24, 2.45) is 0 Å². The number of esters is 1. The summed E-state index contributed by atoms with van der Waals surface area (Å²) in [4.78, 5) is 21.1. The molecule has 4 aromatic rings. The lowest BCUT2D eigenvalue weighted by Gasteiger charge is -2.04. The molecule has 0 radical (unpaired) electrons. The smallest absolute Gasteiger partial charge is 0.331 e. The van der Waals surface area contributed by atoms with Gasteiger partial charge in [0.2, 0.25) is 0 Å². The number of pyridine rings is 1. The van der Waals surface area contributed by atoms with E-state index < -0.39 is 5.97 Å². The molecular formula is C23H18N2O3S. The normalized spacial score (nSPS) is 11.1. The SMILES string of the molecule is COc1ccccc1-c1nc(COC(=O)C=Cc2ccc3ccccc3n2)cs1. The van der Waals surface area contributed by atoms with E-state index in [1.807, 2.05) is 66.0 Å². The Labute approximate surface area is 172 Å². The van der Waals surface area contributed by atoms with Gasteiger partial charge in [0.05, 0.1) is 29.6 Å². The average Bonchev–Trinajstić information content (AvgIpc) is 3.25. The van der Waals surface area contributed by atoms with Crippen LogP contribution < -0.4 is 4.74 Å². The fourth-order valence-corrected chi connectivity index (χ4v) is 3.67. The Morgan fingerprint density at radius 3 is 2.76 bits per heavy atom. The zero-order chi connectivity index (χ0) is 20.1. The number of methoxy groups -OCH3 is 1. The summed E-state index contributed by atoms with van der Waals surface area (Å²) < 4.78 is 10.7. The highest BCUT2D eigenvalue weighted by atomic mass is 32.1. The quantitative estimate of drug-likeness (QED) is 0.331. The van der Waals surface area contributed by atoms with Crippen molar-refractivity contribution in [3.63, 3.8) is 0 Å². The van der Waals surface area contributed by atoms with Crippen LogP contribution in [0.2, 0.25) is 0 Å². The highest BCUT2D eigenvalue weighted by Gasteiger charge is 2.10. The Morgan fingerprint density at radius 1 is 1.03 bits per heavy atom. The third kappa shape index (κ3) is 4.50. The van der Waals surface area contributed by atoms with Crippen LogP contribution in [0.3, 0.4) is 0 Å². The summed E-state index contributed by atoms with van der Waals surface area (Å²) >= 11 is 1.48. The molecule has 2 aromatic carbocycles. The summed E-state index contributed by atoms with van der Waals surface area (Å²) in [5.41, 5.74) is 3.20. The van der Waals surface area contributed by atoms with Crippen LogP contribution in [0.5, 0.6) is 5.75 Å². The zero-order valence-corrected chi connectivity index (χ0v) is 16.6. The molecule has 0 saturated heterocycles. The minimum atomic E-state index is -0.438. The van der Waals surface area contributed by atoms with Crippen LogP contribution in [-0.4, -0.2) is 23.0 Å². The van der Waals surface area contributed by atoms with E-state index in [1.165, 1.54) is 17.4 Å². The van der Waals surface area contributed by atoms with Crippen LogP contribution in [0, 0.1) is 0 Å². The van der Waals surface area contributed by atoms with Crippen LogP contribution in [0.25, 0.3) is 27.6 Å². The minimum Gasteiger partial charge on any atom is -0.496 e. The zero-order valence-electron chi connectivity index (χ0n) is 15.7. The number of benzene rings is 2. The van der Waals surface area contributed by atoms with E-state index >= 15 is 0 Å². The van der Waals surface area contributed by atoms with Gasteiger partial charge in [-0.2, -0.15) is 0 Å². The Morgan fingerprint density at radius 2 is 1.86 bits per heavy atom. The summed E-state index contributed by atoms with van der Waals surface area (Å²) in [6, 6.07) is 19.4. The third-order valence-electron chi connectivity index (χ3n) is 4.26. The molecule has 0 fully saturated rings. The molecule has 0 aliphatic carbocycles. The maximum absolute atomic E-state index is 12.0. The predicted molar refractivity (Wildman–Crippen MR) is 115 cm³/mol. The molecule has 0 aliphatic rings. The van der Waals surface area contributed by atoms with E-state index in [9.17, 15) is 4.79 Å². The monoisotopic (exact) mass is 402 g/mol. The van der Waals surface area contributed by atoms with Gasteiger partial charge < -0.3 is 9.47 Å². The van der Waals surface area contributed by atoms with Gasteiger partial charge in [-0.1, -0.05) is 36.4 Å². The summed E-state index contributed by atoms with van der Waals surface area (Å²) in [5.74, 6) is 0.322. The molecule has 0 aliphatic heterocycles. The van der Waals surface area contributed by atoms with Crippen LogP contribution in [0.4, 0.5) is 0 Å². The summed E-state index contributed by atoms with van der Waals surface area (Å²) in [7, 11) is 1.63. The molecule has 6 heteroatoms. The van der Waals surface area contributed by atoms with Gasteiger partial charge in [0.1, 0.15) is 17.4 Å². The number of thiazole rings is 1. The van der Waals surface area contributed by atoms with Crippen molar-refractivity contribution in [1.29, 1.82) is 0 Å². The van der Waals surface area contributed by atoms with Gasteiger partial charge in [0.25, 0.3) is 0 Å². The summed E-state index contributed by atoms with van der Waals surface area (Å²) in [5, 5.41) is 3.76. The van der Waals surface area contributed by atoms with Gasteiger partial charge in [-0.3, -0.25) is 0 Å². The predicted octanol–water partition coefficient (Wildman–Crippen LogP) is 5.12. The van der Waals surface area contributed by atoms with Gasteiger partial charge in [-0.05, 0) is 30.3 Å². The molecule has 0 saturated carbocycles. The highest BCUT2D eigenvalue weighted by molar-refractivity contribution is 7.13. The first-order chi connectivity index (χ1) is 14.2. The lowest BCUT2D eigenvalue weighted by molar-refractivity contribution is -0.139. The van der Waals surface area contributed by atoms with E-state index in [4.69, 9.17) is 9.47 Å². The second-order valence-electron chi connectivity index (χ2n) is 6.21. The van der Waals surface area contributed by atoms with Crippen molar-refractivity contribution in [3.05, 3.63) is 83.5 Å². The van der Waals surface area contributed by atoms with Crippen molar-refractivity contribution in [1.82, 2.24) is 9.97 Å². The number of rotatable bonds is 6. The number of para-hydroxylation sites is 2. The Kier molecular flexibility index (Phi) is 5.63. The van der Waals surface area contributed by atoms with Crippen LogP contribution in [-0.2, 0) is 16.1 Å².